The van der Waals surface area contributed by atoms with E-state index in [9.17, 15) is 4.79 Å². The van der Waals surface area contributed by atoms with Gasteiger partial charge in [0, 0.05) is 10.7 Å². The molecule has 0 saturated heterocycles. The van der Waals surface area contributed by atoms with Crippen LogP contribution >= 0.6 is 10.7 Å². The van der Waals surface area contributed by atoms with E-state index in [-0.39, 0.29) is 5.97 Å². The first kappa shape index (κ1) is 16.9. The lowest BCUT2D eigenvalue weighted by molar-refractivity contribution is 0.0505. The van der Waals surface area contributed by atoms with Gasteiger partial charge in [0.15, 0.2) is 0 Å². The molecule has 0 saturated carbocycles. The van der Waals surface area contributed by atoms with Gasteiger partial charge in [-0.15, -0.1) is 0 Å². The number of carbonyl (C=O) groups is 1. The molecule has 1 aromatic rings. The highest BCUT2D eigenvalue weighted by Crippen LogP contribution is 2.05. The molecule has 0 spiro atoms. The van der Waals surface area contributed by atoms with E-state index in [0.29, 0.717) is 12.2 Å². The van der Waals surface area contributed by atoms with E-state index < -0.39 is 9.33 Å². The Balaban J connectivity index is 0.000000494. The minimum absolute atomic E-state index is 0.231. The lowest BCUT2D eigenvalue weighted by atomic mass is 10.1. The summed E-state index contributed by atoms with van der Waals surface area (Å²) in [5.74, 6) is -0.231. The summed E-state index contributed by atoms with van der Waals surface area (Å²) in [7, 11) is -0.137. The summed E-state index contributed by atoms with van der Waals surface area (Å²) in [5.41, 5.74) is 1.71. The maximum atomic E-state index is 11.3. The van der Waals surface area contributed by atoms with Crippen LogP contribution in [0.3, 0.4) is 0 Å². The second-order valence-corrected chi connectivity index (χ2v) is 5.41. The molecular formula is C11H15ClO5S. The van der Waals surface area contributed by atoms with E-state index in [4.69, 9.17) is 17.7 Å². The van der Waals surface area contributed by atoms with Crippen LogP contribution in [0.2, 0.25) is 0 Å². The van der Waals surface area contributed by atoms with Crippen molar-refractivity contribution in [1.29, 1.82) is 0 Å². The highest BCUT2D eigenvalue weighted by molar-refractivity contribution is 8.09. The number of hydrogen-bond donors (Lipinski definition) is 1. The number of benzene rings is 1. The SMILES string of the molecule is CCCOC(=O)c1cccc(C)c1.O=S(=O)(O)Cl. The quantitative estimate of drug-likeness (QED) is 0.526. The molecule has 102 valence electrons. The van der Waals surface area contributed by atoms with Gasteiger partial charge in [0.1, 0.15) is 0 Å². The van der Waals surface area contributed by atoms with Crippen molar-refractivity contribution in [2.75, 3.05) is 6.61 Å². The van der Waals surface area contributed by atoms with E-state index in [2.05, 4.69) is 10.7 Å². The van der Waals surface area contributed by atoms with Crippen molar-refractivity contribution < 1.29 is 22.5 Å². The molecule has 5 nitrogen and oxygen atoms in total. The molecule has 1 rings (SSSR count). The largest absolute Gasteiger partial charge is 0.462 e. The smallest absolute Gasteiger partial charge is 0.353 e. The fourth-order valence-electron chi connectivity index (χ4n) is 1.05. The van der Waals surface area contributed by atoms with E-state index in [0.717, 1.165) is 12.0 Å². The van der Waals surface area contributed by atoms with Crippen LogP contribution in [0.4, 0.5) is 0 Å². The minimum atomic E-state index is -4.19. The Labute approximate surface area is 111 Å². The first-order chi connectivity index (χ1) is 8.24. The Morgan fingerprint density at radius 3 is 2.44 bits per heavy atom. The molecule has 0 bridgehead atoms. The van der Waals surface area contributed by atoms with Crippen LogP contribution < -0.4 is 0 Å². The third-order valence-corrected chi connectivity index (χ3v) is 1.69. The van der Waals surface area contributed by atoms with Crippen molar-refractivity contribution >= 4 is 26.0 Å². The molecule has 0 atom stereocenters. The maximum absolute atomic E-state index is 11.3. The predicted molar refractivity (Wildman–Crippen MR) is 69.2 cm³/mol. The Morgan fingerprint density at radius 2 is 2.00 bits per heavy atom. The van der Waals surface area contributed by atoms with Gasteiger partial charge in [-0.1, -0.05) is 24.6 Å². The first-order valence-electron chi connectivity index (χ1n) is 5.15. The van der Waals surface area contributed by atoms with Crippen LogP contribution in [0.1, 0.15) is 29.3 Å². The third-order valence-electron chi connectivity index (χ3n) is 1.69. The lowest BCUT2D eigenvalue weighted by Gasteiger charge is -2.02. The Kier molecular flexibility index (Phi) is 7.58. The molecule has 7 heteroatoms. The van der Waals surface area contributed by atoms with Crippen molar-refractivity contribution in [3.63, 3.8) is 0 Å². The van der Waals surface area contributed by atoms with E-state index in [1.54, 1.807) is 6.07 Å². The zero-order valence-corrected chi connectivity index (χ0v) is 11.7. The number of carbonyl (C=O) groups excluding carboxylic acids is 1. The molecule has 0 aliphatic heterocycles. The molecule has 0 fully saturated rings. The second-order valence-electron chi connectivity index (χ2n) is 3.42. The van der Waals surface area contributed by atoms with E-state index in [1.165, 1.54) is 0 Å². The molecule has 0 heterocycles. The zero-order valence-electron chi connectivity index (χ0n) is 10.1. The fraction of sp³-hybridized carbons (Fsp3) is 0.364. The predicted octanol–water partition coefficient (Wildman–Crippen LogP) is 2.59. The van der Waals surface area contributed by atoms with Gasteiger partial charge in [-0.25, -0.2) is 4.79 Å². The molecule has 18 heavy (non-hydrogen) atoms. The van der Waals surface area contributed by atoms with Gasteiger partial charge >= 0.3 is 15.3 Å². The monoisotopic (exact) mass is 294 g/mol. The van der Waals surface area contributed by atoms with Crippen molar-refractivity contribution in [3.8, 4) is 0 Å². The van der Waals surface area contributed by atoms with Gasteiger partial charge in [0.2, 0.25) is 0 Å². The lowest BCUT2D eigenvalue weighted by Crippen LogP contribution is -2.05. The van der Waals surface area contributed by atoms with Crippen molar-refractivity contribution in [2.45, 2.75) is 20.3 Å². The average Bonchev–Trinajstić information content (AvgIpc) is 2.23. The summed E-state index contributed by atoms with van der Waals surface area (Å²) in [4.78, 5) is 11.3. The molecule has 0 aliphatic carbocycles. The number of aryl methyl sites for hydroxylation is 1. The maximum Gasteiger partial charge on any atom is 0.353 e. The molecule has 0 aliphatic rings. The summed E-state index contributed by atoms with van der Waals surface area (Å²) in [6.45, 7) is 4.42. The second kappa shape index (κ2) is 8.07. The highest BCUT2D eigenvalue weighted by Gasteiger charge is 2.05. The van der Waals surface area contributed by atoms with Crippen molar-refractivity contribution in [1.82, 2.24) is 0 Å². The number of hydrogen-bond acceptors (Lipinski definition) is 4. The number of rotatable bonds is 3. The molecule has 1 N–H and O–H groups in total. The van der Waals surface area contributed by atoms with Crippen molar-refractivity contribution in [2.24, 2.45) is 0 Å². The standard InChI is InChI=1S/C11H14O2.ClHO3S/c1-3-7-13-11(12)10-6-4-5-9(2)8-10;1-5(2,3)4/h4-6,8H,3,7H2,1-2H3;(H,2,3,4). The van der Waals surface area contributed by atoms with Crippen molar-refractivity contribution in [3.05, 3.63) is 35.4 Å². The molecule has 0 radical (unpaired) electrons. The number of esters is 1. The highest BCUT2D eigenvalue weighted by atomic mass is 35.7. The van der Waals surface area contributed by atoms with Crippen LogP contribution in [0, 0.1) is 6.92 Å². The third kappa shape index (κ3) is 10.1. The summed E-state index contributed by atoms with van der Waals surface area (Å²) in [5, 5.41) is 0. The average molecular weight is 295 g/mol. The van der Waals surface area contributed by atoms with Crippen LogP contribution in [0.5, 0.6) is 0 Å². The van der Waals surface area contributed by atoms with Crippen LogP contribution in [-0.2, 0) is 14.1 Å². The zero-order chi connectivity index (χ0) is 14.2. The molecule has 0 unspecified atom stereocenters. The Bertz CT molecular complexity index is 476. The topological polar surface area (TPSA) is 80.7 Å². The number of ether oxygens (including phenoxy) is 1. The van der Waals surface area contributed by atoms with Gasteiger partial charge in [-0.2, -0.15) is 8.42 Å². The fourth-order valence-corrected chi connectivity index (χ4v) is 1.05. The van der Waals surface area contributed by atoms with Gasteiger partial charge in [-0.05, 0) is 25.5 Å². The van der Waals surface area contributed by atoms with Gasteiger partial charge < -0.3 is 4.74 Å². The van der Waals surface area contributed by atoms with Crippen LogP contribution in [0.25, 0.3) is 0 Å². The Hall–Kier alpha value is -1.11. The van der Waals surface area contributed by atoms with Crippen LogP contribution in [0.15, 0.2) is 24.3 Å². The molecular weight excluding hydrogens is 280 g/mol. The van der Waals surface area contributed by atoms with E-state index >= 15 is 0 Å². The van der Waals surface area contributed by atoms with Gasteiger partial charge in [0.25, 0.3) is 0 Å². The van der Waals surface area contributed by atoms with Gasteiger partial charge in [0.05, 0.1) is 12.2 Å². The first-order valence-corrected chi connectivity index (χ1v) is 7.41. The minimum Gasteiger partial charge on any atom is -0.462 e. The van der Waals surface area contributed by atoms with Crippen LogP contribution in [-0.4, -0.2) is 25.5 Å². The molecule has 1 aromatic carbocycles. The summed E-state index contributed by atoms with van der Waals surface area (Å²) in [6.07, 6.45) is 0.859. The molecule has 0 amide bonds. The van der Waals surface area contributed by atoms with E-state index in [1.807, 2.05) is 32.0 Å². The Morgan fingerprint density at radius 1 is 1.44 bits per heavy atom. The summed E-state index contributed by atoms with van der Waals surface area (Å²) >= 11 is 0. The van der Waals surface area contributed by atoms with Gasteiger partial charge in [-0.3, -0.25) is 4.55 Å². The summed E-state index contributed by atoms with van der Waals surface area (Å²) < 4.78 is 30.2. The normalized spacial score (nSPS) is 10.2. The molecule has 0 aromatic heterocycles. The summed E-state index contributed by atoms with van der Waals surface area (Å²) in [6, 6.07) is 7.41. The number of halogens is 1.